The number of pyridine rings is 1. The van der Waals surface area contributed by atoms with Crippen molar-refractivity contribution in [3.63, 3.8) is 0 Å². The number of amides is 2. The highest BCUT2D eigenvalue weighted by atomic mass is 32.1. The Morgan fingerprint density at radius 1 is 1.18 bits per heavy atom. The van der Waals surface area contributed by atoms with E-state index in [9.17, 15) is 9.59 Å². The van der Waals surface area contributed by atoms with Crippen molar-refractivity contribution in [2.45, 2.75) is 19.9 Å². The van der Waals surface area contributed by atoms with E-state index in [0.717, 1.165) is 17.1 Å². The highest BCUT2D eigenvalue weighted by Crippen LogP contribution is 2.36. The van der Waals surface area contributed by atoms with E-state index in [1.54, 1.807) is 34.5 Å². The number of carbonyl (C=O) groups is 2. The maximum absolute atomic E-state index is 13.2. The summed E-state index contributed by atoms with van der Waals surface area (Å²) < 4.78 is 0. The Hall–Kier alpha value is -3.26. The summed E-state index contributed by atoms with van der Waals surface area (Å²) in [5.41, 5.74) is 2.64. The molecule has 0 fully saturated rings. The number of anilines is 4. The lowest BCUT2D eigenvalue weighted by Gasteiger charge is -2.40. The van der Waals surface area contributed by atoms with Gasteiger partial charge in [-0.1, -0.05) is 12.1 Å². The zero-order valence-electron chi connectivity index (χ0n) is 15.5. The SMILES string of the molecule is CC(=O)N1c2ccccc2N(C(=O)c2csc(Nc3cccnc3)n2)CC1C. The van der Waals surface area contributed by atoms with Crippen molar-refractivity contribution in [3.8, 4) is 0 Å². The number of fused-ring (bicyclic) bond motifs is 1. The predicted octanol–water partition coefficient (Wildman–Crippen LogP) is 3.68. The Morgan fingerprint density at radius 2 is 1.96 bits per heavy atom. The van der Waals surface area contributed by atoms with Crippen LogP contribution in [-0.2, 0) is 4.79 Å². The summed E-state index contributed by atoms with van der Waals surface area (Å²) in [6.07, 6.45) is 3.39. The van der Waals surface area contributed by atoms with Crippen molar-refractivity contribution >= 4 is 45.3 Å². The second-order valence-corrected chi connectivity index (χ2v) is 7.41. The largest absolute Gasteiger partial charge is 0.330 e. The van der Waals surface area contributed by atoms with Gasteiger partial charge in [-0.3, -0.25) is 14.6 Å². The number of nitrogens with one attached hydrogen (secondary N) is 1. The molecular weight excluding hydrogens is 374 g/mol. The van der Waals surface area contributed by atoms with Crippen molar-refractivity contribution < 1.29 is 9.59 Å². The Bertz CT molecular complexity index is 1020. The molecule has 1 aliphatic heterocycles. The van der Waals surface area contributed by atoms with Crippen LogP contribution in [0.5, 0.6) is 0 Å². The zero-order valence-corrected chi connectivity index (χ0v) is 16.3. The Kier molecular flexibility index (Phi) is 4.79. The zero-order chi connectivity index (χ0) is 19.7. The van der Waals surface area contributed by atoms with Crippen LogP contribution in [0.3, 0.4) is 0 Å². The van der Waals surface area contributed by atoms with Crippen molar-refractivity contribution in [2.75, 3.05) is 21.7 Å². The van der Waals surface area contributed by atoms with Gasteiger partial charge in [0, 0.05) is 25.0 Å². The molecule has 1 aliphatic rings. The summed E-state index contributed by atoms with van der Waals surface area (Å²) in [7, 11) is 0. The van der Waals surface area contributed by atoms with Gasteiger partial charge in [-0.2, -0.15) is 0 Å². The van der Waals surface area contributed by atoms with Gasteiger partial charge in [-0.25, -0.2) is 4.98 Å². The summed E-state index contributed by atoms with van der Waals surface area (Å²) in [6, 6.07) is 11.0. The van der Waals surface area contributed by atoms with Gasteiger partial charge in [0.05, 0.1) is 29.3 Å². The lowest BCUT2D eigenvalue weighted by molar-refractivity contribution is -0.117. The van der Waals surface area contributed by atoms with Crippen LogP contribution in [0, 0.1) is 0 Å². The quantitative estimate of drug-likeness (QED) is 0.734. The maximum atomic E-state index is 13.2. The van der Waals surface area contributed by atoms with Crippen LogP contribution in [0.15, 0.2) is 54.2 Å². The van der Waals surface area contributed by atoms with Gasteiger partial charge >= 0.3 is 0 Å². The molecule has 0 saturated carbocycles. The number of benzene rings is 1. The molecule has 2 aromatic heterocycles. The molecule has 4 rings (SSSR count). The smallest absolute Gasteiger partial charge is 0.277 e. The normalized spacial score (nSPS) is 15.9. The lowest BCUT2D eigenvalue weighted by atomic mass is 10.1. The Balaban J connectivity index is 1.61. The van der Waals surface area contributed by atoms with Crippen molar-refractivity contribution in [1.82, 2.24) is 9.97 Å². The highest BCUT2D eigenvalue weighted by molar-refractivity contribution is 7.14. The maximum Gasteiger partial charge on any atom is 0.277 e. The standard InChI is InChI=1S/C20H19N5O2S/c1-13-11-24(17-7-3-4-8-18(17)25(13)14(2)26)19(27)16-12-28-20(23-16)22-15-6-5-9-21-10-15/h3-10,12-13H,11H2,1-2H3,(H,22,23). The number of para-hydroxylation sites is 2. The third-order valence-electron chi connectivity index (χ3n) is 4.54. The fourth-order valence-electron chi connectivity index (χ4n) is 3.38. The van der Waals surface area contributed by atoms with E-state index in [1.807, 2.05) is 43.3 Å². The molecule has 0 radical (unpaired) electrons. The van der Waals surface area contributed by atoms with E-state index in [4.69, 9.17) is 0 Å². The molecule has 0 spiro atoms. The number of aromatic nitrogens is 2. The molecule has 28 heavy (non-hydrogen) atoms. The fraction of sp³-hybridized carbons (Fsp3) is 0.200. The molecule has 2 amide bonds. The van der Waals surface area contributed by atoms with Gasteiger partial charge in [0.2, 0.25) is 5.91 Å². The summed E-state index contributed by atoms with van der Waals surface area (Å²) in [6.45, 7) is 3.90. The molecule has 0 aliphatic carbocycles. The van der Waals surface area contributed by atoms with Gasteiger partial charge in [0.25, 0.3) is 5.91 Å². The number of thiazole rings is 1. The molecule has 7 nitrogen and oxygen atoms in total. The molecule has 142 valence electrons. The Labute approximate surface area is 166 Å². The topological polar surface area (TPSA) is 78.4 Å². The first kappa shape index (κ1) is 18.1. The predicted molar refractivity (Wildman–Crippen MR) is 110 cm³/mol. The summed E-state index contributed by atoms with van der Waals surface area (Å²) in [5.74, 6) is -0.221. The molecule has 1 aromatic carbocycles. The first-order valence-electron chi connectivity index (χ1n) is 8.88. The minimum Gasteiger partial charge on any atom is -0.330 e. The van der Waals surface area contributed by atoms with Gasteiger partial charge in [-0.15, -0.1) is 11.3 Å². The van der Waals surface area contributed by atoms with E-state index in [1.165, 1.54) is 11.3 Å². The highest BCUT2D eigenvalue weighted by Gasteiger charge is 2.34. The Morgan fingerprint density at radius 3 is 2.68 bits per heavy atom. The van der Waals surface area contributed by atoms with Crippen LogP contribution < -0.4 is 15.1 Å². The van der Waals surface area contributed by atoms with Gasteiger partial charge in [-0.05, 0) is 31.2 Å². The van der Waals surface area contributed by atoms with Crippen LogP contribution in [0.4, 0.5) is 22.2 Å². The minimum atomic E-state index is -0.182. The summed E-state index contributed by atoms with van der Waals surface area (Å²) >= 11 is 1.36. The first-order valence-corrected chi connectivity index (χ1v) is 9.76. The van der Waals surface area contributed by atoms with Crippen LogP contribution >= 0.6 is 11.3 Å². The van der Waals surface area contributed by atoms with Crippen LogP contribution in [0.2, 0.25) is 0 Å². The van der Waals surface area contributed by atoms with Crippen LogP contribution in [0.1, 0.15) is 24.3 Å². The molecule has 1 N–H and O–H groups in total. The minimum absolute atomic E-state index is 0.0383. The van der Waals surface area contributed by atoms with Crippen LogP contribution in [-0.4, -0.2) is 34.4 Å². The van der Waals surface area contributed by atoms with Gasteiger partial charge in [0.15, 0.2) is 5.13 Å². The second kappa shape index (κ2) is 7.40. The third kappa shape index (κ3) is 3.34. The number of carbonyl (C=O) groups excluding carboxylic acids is 2. The van der Waals surface area contributed by atoms with E-state index in [-0.39, 0.29) is 17.9 Å². The average Bonchev–Trinajstić information content (AvgIpc) is 3.15. The molecule has 0 saturated heterocycles. The number of nitrogens with zero attached hydrogens (tertiary/aromatic N) is 4. The molecule has 3 aromatic rings. The van der Waals surface area contributed by atoms with E-state index >= 15 is 0 Å². The summed E-state index contributed by atoms with van der Waals surface area (Å²) in [5, 5.41) is 5.52. The van der Waals surface area contributed by atoms with Gasteiger partial charge < -0.3 is 15.1 Å². The van der Waals surface area contributed by atoms with Gasteiger partial charge in [0.1, 0.15) is 5.69 Å². The number of hydrogen-bond acceptors (Lipinski definition) is 6. The molecule has 0 bridgehead atoms. The molecule has 1 atom stereocenters. The number of rotatable bonds is 3. The summed E-state index contributed by atoms with van der Waals surface area (Å²) in [4.78, 5) is 37.2. The van der Waals surface area contributed by atoms with E-state index in [0.29, 0.717) is 17.4 Å². The molecule has 3 heterocycles. The van der Waals surface area contributed by atoms with Crippen molar-refractivity contribution in [3.05, 3.63) is 59.9 Å². The number of hydrogen-bond donors (Lipinski definition) is 1. The average molecular weight is 393 g/mol. The van der Waals surface area contributed by atoms with E-state index in [2.05, 4.69) is 15.3 Å². The monoisotopic (exact) mass is 393 g/mol. The van der Waals surface area contributed by atoms with E-state index < -0.39 is 0 Å². The lowest BCUT2D eigenvalue weighted by Crippen LogP contribution is -2.51. The first-order chi connectivity index (χ1) is 13.5. The van der Waals surface area contributed by atoms with Crippen molar-refractivity contribution in [2.24, 2.45) is 0 Å². The second-order valence-electron chi connectivity index (χ2n) is 6.55. The third-order valence-corrected chi connectivity index (χ3v) is 5.30. The van der Waals surface area contributed by atoms with Crippen molar-refractivity contribution in [1.29, 1.82) is 0 Å². The fourth-order valence-corrected chi connectivity index (χ4v) is 4.08. The molecular formula is C20H19N5O2S. The molecule has 1 unspecified atom stereocenters. The molecule has 8 heteroatoms. The van der Waals surface area contributed by atoms with Crippen LogP contribution in [0.25, 0.3) is 0 Å².